The minimum atomic E-state index is 0.994. The van der Waals surface area contributed by atoms with Crippen LogP contribution in [0.1, 0.15) is 46.1 Å². The highest BCUT2D eigenvalue weighted by Gasteiger charge is 1.91. The SMILES string of the molecule is CC.CC.CCc1ccc(C)o1. The average Bonchev–Trinajstić information content (AvgIpc) is 2.58. The zero-order chi connectivity index (χ0) is 9.98. The molecule has 1 aromatic rings. The Morgan fingerprint density at radius 1 is 1.08 bits per heavy atom. The smallest absolute Gasteiger partial charge is 0.103 e. The van der Waals surface area contributed by atoms with Crippen molar-refractivity contribution in [2.75, 3.05) is 0 Å². The maximum absolute atomic E-state index is 5.23. The van der Waals surface area contributed by atoms with E-state index in [1.807, 2.05) is 46.8 Å². The van der Waals surface area contributed by atoms with E-state index >= 15 is 0 Å². The van der Waals surface area contributed by atoms with Crippen LogP contribution in [0.3, 0.4) is 0 Å². The van der Waals surface area contributed by atoms with Crippen LogP contribution in [0.5, 0.6) is 0 Å². The van der Waals surface area contributed by atoms with E-state index in [1.165, 1.54) is 0 Å². The summed E-state index contributed by atoms with van der Waals surface area (Å²) in [5.74, 6) is 2.07. The molecule has 1 aromatic heterocycles. The molecule has 0 saturated heterocycles. The minimum absolute atomic E-state index is 0.994. The normalized spacial score (nSPS) is 7.50. The molecule has 0 amide bonds. The number of rotatable bonds is 1. The Morgan fingerprint density at radius 2 is 1.58 bits per heavy atom. The van der Waals surface area contributed by atoms with Crippen LogP contribution in [-0.2, 0) is 6.42 Å². The molecule has 1 rings (SSSR count). The fourth-order valence-corrected chi connectivity index (χ4v) is 0.675. The number of hydrogen-bond acceptors (Lipinski definition) is 1. The summed E-state index contributed by atoms with van der Waals surface area (Å²) in [6.45, 7) is 12.0. The van der Waals surface area contributed by atoms with E-state index < -0.39 is 0 Å². The number of hydrogen-bond donors (Lipinski definition) is 0. The third kappa shape index (κ3) is 6.02. The third-order valence-corrected chi connectivity index (χ3v) is 1.14. The van der Waals surface area contributed by atoms with Crippen molar-refractivity contribution in [3.8, 4) is 0 Å². The van der Waals surface area contributed by atoms with Gasteiger partial charge in [0.1, 0.15) is 11.5 Å². The standard InChI is InChI=1S/C7H10O.2C2H6/c1-3-7-5-4-6(2)8-7;2*1-2/h4-5H,3H2,1-2H3;2*1-2H3. The van der Waals surface area contributed by atoms with Gasteiger partial charge in [-0.1, -0.05) is 34.6 Å². The second kappa shape index (κ2) is 10.3. The lowest BCUT2D eigenvalue weighted by Crippen LogP contribution is -1.67. The second-order valence-electron chi connectivity index (χ2n) is 1.87. The Kier molecular flexibility index (Phi) is 11.9. The Hall–Kier alpha value is -0.720. The van der Waals surface area contributed by atoms with Gasteiger partial charge in [0.2, 0.25) is 0 Å². The Labute approximate surface area is 76.8 Å². The maximum Gasteiger partial charge on any atom is 0.103 e. The summed E-state index contributed by atoms with van der Waals surface area (Å²) in [6.07, 6.45) is 0.994. The van der Waals surface area contributed by atoms with Gasteiger partial charge < -0.3 is 4.42 Å². The van der Waals surface area contributed by atoms with Gasteiger partial charge in [-0.15, -0.1) is 0 Å². The molecule has 0 atom stereocenters. The van der Waals surface area contributed by atoms with Gasteiger partial charge in [-0.05, 0) is 19.1 Å². The maximum atomic E-state index is 5.23. The molecule has 0 aliphatic rings. The quantitative estimate of drug-likeness (QED) is 0.615. The molecule has 0 aromatic carbocycles. The Balaban J connectivity index is 0. The van der Waals surface area contributed by atoms with E-state index in [-0.39, 0.29) is 0 Å². The van der Waals surface area contributed by atoms with Gasteiger partial charge in [-0.25, -0.2) is 0 Å². The highest BCUT2D eigenvalue weighted by atomic mass is 16.3. The first kappa shape index (κ1) is 13.8. The van der Waals surface area contributed by atoms with Crippen LogP contribution in [0.4, 0.5) is 0 Å². The van der Waals surface area contributed by atoms with Gasteiger partial charge >= 0.3 is 0 Å². The van der Waals surface area contributed by atoms with Gasteiger partial charge in [0, 0.05) is 6.42 Å². The molecule has 72 valence electrons. The fraction of sp³-hybridized carbons (Fsp3) is 0.636. The monoisotopic (exact) mass is 170 g/mol. The molecule has 0 spiro atoms. The lowest BCUT2D eigenvalue weighted by Gasteiger charge is -1.83. The molecule has 1 heterocycles. The molecule has 1 heteroatoms. The molecule has 0 aliphatic heterocycles. The van der Waals surface area contributed by atoms with Crippen molar-refractivity contribution in [1.29, 1.82) is 0 Å². The Morgan fingerprint density at radius 3 is 1.75 bits per heavy atom. The van der Waals surface area contributed by atoms with E-state index in [2.05, 4.69) is 6.92 Å². The lowest BCUT2D eigenvalue weighted by atomic mass is 10.4. The fourth-order valence-electron chi connectivity index (χ4n) is 0.675. The molecule has 1 nitrogen and oxygen atoms in total. The molecular formula is C11H22O. The van der Waals surface area contributed by atoms with Crippen molar-refractivity contribution in [1.82, 2.24) is 0 Å². The van der Waals surface area contributed by atoms with Crippen LogP contribution < -0.4 is 0 Å². The minimum Gasteiger partial charge on any atom is -0.466 e. The molecule has 0 fully saturated rings. The summed E-state index contributed by atoms with van der Waals surface area (Å²) in [6, 6.07) is 3.99. The second-order valence-corrected chi connectivity index (χ2v) is 1.87. The first-order valence-corrected chi connectivity index (χ1v) is 4.88. The van der Waals surface area contributed by atoms with Gasteiger partial charge in [-0.3, -0.25) is 0 Å². The van der Waals surface area contributed by atoms with Crippen molar-refractivity contribution < 1.29 is 4.42 Å². The van der Waals surface area contributed by atoms with Gasteiger partial charge in [-0.2, -0.15) is 0 Å². The van der Waals surface area contributed by atoms with Crippen LogP contribution in [0.25, 0.3) is 0 Å². The van der Waals surface area contributed by atoms with Crippen LogP contribution >= 0.6 is 0 Å². The highest BCUT2D eigenvalue weighted by Crippen LogP contribution is 2.05. The van der Waals surface area contributed by atoms with Crippen molar-refractivity contribution in [3.05, 3.63) is 23.7 Å². The summed E-state index contributed by atoms with van der Waals surface area (Å²) in [5, 5.41) is 0. The topological polar surface area (TPSA) is 13.1 Å². The molecule has 0 N–H and O–H groups in total. The van der Waals surface area contributed by atoms with Crippen molar-refractivity contribution in [2.45, 2.75) is 48.0 Å². The molecular weight excluding hydrogens is 148 g/mol. The van der Waals surface area contributed by atoms with Gasteiger partial charge in [0.15, 0.2) is 0 Å². The summed E-state index contributed by atoms with van der Waals surface area (Å²) in [5.41, 5.74) is 0. The van der Waals surface area contributed by atoms with E-state index in [0.29, 0.717) is 0 Å². The van der Waals surface area contributed by atoms with Crippen LogP contribution in [0.15, 0.2) is 16.5 Å². The molecule has 0 saturated carbocycles. The molecule has 0 unspecified atom stereocenters. The first-order chi connectivity index (χ1) is 5.83. The molecule has 0 radical (unpaired) electrons. The van der Waals surface area contributed by atoms with Crippen LogP contribution in [0.2, 0.25) is 0 Å². The summed E-state index contributed by atoms with van der Waals surface area (Å²) in [4.78, 5) is 0. The number of furan rings is 1. The van der Waals surface area contributed by atoms with Gasteiger partial charge in [0.25, 0.3) is 0 Å². The van der Waals surface area contributed by atoms with Crippen LogP contribution in [-0.4, -0.2) is 0 Å². The number of aryl methyl sites for hydroxylation is 2. The average molecular weight is 170 g/mol. The largest absolute Gasteiger partial charge is 0.466 e. The summed E-state index contributed by atoms with van der Waals surface area (Å²) >= 11 is 0. The zero-order valence-electron chi connectivity index (χ0n) is 9.27. The summed E-state index contributed by atoms with van der Waals surface area (Å²) < 4.78 is 5.23. The predicted molar refractivity (Wildman–Crippen MR) is 55.5 cm³/mol. The van der Waals surface area contributed by atoms with E-state index in [0.717, 1.165) is 17.9 Å². The van der Waals surface area contributed by atoms with E-state index in [1.54, 1.807) is 0 Å². The summed E-state index contributed by atoms with van der Waals surface area (Å²) in [7, 11) is 0. The highest BCUT2D eigenvalue weighted by molar-refractivity contribution is 5.04. The lowest BCUT2D eigenvalue weighted by molar-refractivity contribution is 0.489. The van der Waals surface area contributed by atoms with Crippen molar-refractivity contribution in [3.63, 3.8) is 0 Å². The molecule has 0 bridgehead atoms. The predicted octanol–water partition coefficient (Wildman–Crippen LogP) is 4.20. The molecule has 0 aliphatic carbocycles. The van der Waals surface area contributed by atoms with Gasteiger partial charge in [0.05, 0.1) is 0 Å². The third-order valence-electron chi connectivity index (χ3n) is 1.14. The molecule has 12 heavy (non-hydrogen) atoms. The van der Waals surface area contributed by atoms with Crippen molar-refractivity contribution in [2.24, 2.45) is 0 Å². The zero-order valence-corrected chi connectivity index (χ0v) is 9.27. The van der Waals surface area contributed by atoms with Crippen LogP contribution in [0, 0.1) is 6.92 Å². The van der Waals surface area contributed by atoms with Crippen molar-refractivity contribution >= 4 is 0 Å². The Bertz CT molecular complexity index is 165. The first-order valence-electron chi connectivity index (χ1n) is 4.88. The van der Waals surface area contributed by atoms with E-state index in [9.17, 15) is 0 Å². The van der Waals surface area contributed by atoms with E-state index in [4.69, 9.17) is 4.42 Å².